The molecular formula is C11H16N2O3. The number of ketones is 1. The van der Waals surface area contributed by atoms with Gasteiger partial charge in [-0.3, -0.25) is 9.59 Å². The van der Waals surface area contributed by atoms with E-state index in [2.05, 4.69) is 4.98 Å². The Morgan fingerprint density at radius 1 is 1.44 bits per heavy atom. The predicted molar refractivity (Wildman–Crippen MR) is 58.2 cm³/mol. The van der Waals surface area contributed by atoms with Crippen LogP contribution in [0.3, 0.4) is 0 Å². The molecule has 5 nitrogen and oxygen atoms in total. The first kappa shape index (κ1) is 12.4. The van der Waals surface area contributed by atoms with Gasteiger partial charge in [-0.2, -0.15) is 0 Å². The lowest BCUT2D eigenvalue weighted by Crippen LogP contribution is -2.26. The van der Waals surface area contributed by atoms with Gasteiger partial charge in [-0.25, -0.2) is 4.98 Å². The molecular weight excluding hydrogens is 208 g/mol. The number of nitrogens with zero attached hydrogens (tertiary/aromatic N) is 2. The fourth-order valence-electron chi connectivity index (χ4n) is 1.45. The van der Waals surface area contributed by atoms with Crippen LogP contribution in [0.2, 0.25) is 0 Å². The summed E-state index contributed by atoms with van der Waals surface area (Å²) < 4.78 is 1.72. The highest BCUT2D eigenvalue weighted by Gasteiger charge is 2.28. The number of hydrogen-bond acceptors (Lipinski definition) is 3. The van der Waals surface area contributed by atoms with Crippen molar-refractivity contribution in [3.8, 4) is 0 Å². The molecule has 0 spiro atoms. The number of hydrogen-bond donors (Lipinski definition) is 1. The van der Waals surface area contributed by atoms with Crippen molar-refractivity contribution in [2.75, 3.05) is 0 Å². The van der Waals surface area contributed by atoms with E-state index in [9.17, 15) is 9.59 Å². The third-order valence-electron chi connectivity index (χ3n) is 2.86. The molecule has 1 aromatic heterocycles. The number of aryl methyl sites for hydroxylation is 1. The van der Waals surface area contributed by atoms with E-state index in [1.165, 1.54) is 13.1 Å². The number of rotatable bonds is 5. The van der Waals surface area contributed by atoms with Crippen molar-refractivity contribution in [2.45, 2.75) is 27.3 Å². The molecule has 1 N–H and O–H groups in total. The highest BCUT2D eigenvalue weighted by Crippen LogP contribution is 2.17. The number of carboxylic acids is 1. The van der Waals surface area contributed by atoms with Gasteiger partial charge in [0, 0.05) is 12.5 Å². The minimum atomic E-state index is -0.955. The third kappa shape index (κ3) is 2.29. The van der Waals surface area contributed by atoms with Crippen molar-refractivity contribution in [1.82, 2.24) is 9.55 Å². The van der Waals surface area contributed by atoms with Crippen LogP contribution in [0, 0.1) is 11.8 Å². The van der Waals surface area contributed by atoms with Crippen molar-refractivity contribution in [1.29, 1.82) is 0 Å². The fraction of sp³-hybridized carbons (Fsp3) is 0.545. The van der Waals surface area contributed by atoms with Gasteiger partial charge in [0.1, 0.15) is 5.69 Å². The maximum absolute atomic E-state index is 12.0. The maximum atomic E-state index is 12.0. The Hall–Kier alpha value is -1.65. The zero-order chi connectivity index (χ0) is 12.3. The molecule has 0 radical (unpaired) electrons. The Kier molecular flexibility index (Phi) is 3.82. The van der Waals surface area contributed by atoms with Crippen LogP contribution < -0.4 is 0 Å². The van der Waals surface area contributed by atoms with Crippen LogP contribution in [-0.2, 0) is 11.3 Å². The minimum absolute atomic E-state index is 0.172. The summed E-state index contributed by atoms with van der Waals surface area (Å²) in [5.74, 6) is -2.36. The van der Waals surface area contributed by atoms with Crippen molar-refractivity contribution in [3.05, 3.63) is 18.2 Å². The van der Waals surface area contributed by atoms with Gasteiger partial charge in [-0.05, 0) is 6.92 Å². The molecule has 0 saturated carbocycles. The number of aromatic nitrogens is 2. The van der Waals surface area contributed by atoms with E-state index in [1.54, 1.807) is 17.8 Å². The van der Waals surface area contributed by atoms with Crippen LogP contribution in [0.1, 0.15) is 31.3 Å². The van der Waals surface area contributed by atoms with E-state index in [-0.39, 0.29) is 5.78 Å². The zero-order valence-corrected chi connectivity index (χ0v) is 9.67. The van der Waals surface area contributed by atoms with Gasteiger partial charge in [-0.15, -0.1) is 0 Å². The van der Waals surface area contributed by atoms with Gasteiger partial charge >= 0.3 is 5.97 Å². The average Bonchev–Trinajstić information content (AvgIpc) is 2.73. The molecule has 16 heavy (non-hydrogen) atoms. The molecule has 0 aliphatic carbocycles. The SMILES string of the molecule is CCn1cncc1C(=O)C(C)C(C)C(=O)O. The molecule has 0 aliphatic rings. The highest BCUT2D eigenvalue weighted by molar-refractivity contribution is 5.98. The first-order chi connectivity index (χ1) is 7.49. The molecule has 0 amide bonds. The predicted octanol–water partition coefficient (Wildman–Crippen LogP) is 1.44. The van der Waals surface area contributed by atoms with E-state index in [1.807, 2.05) is 6.92 Å². The summed E-state index contributed by atoms with van der Waals surface area (Å²) in [6, 6.07) is 0. The van der Waals surface area contributed by atoms with Crippen molar-refractivity contribution < 1.29 is 14.7 Å². The normalized spacial score (nSPS) is 14.4. The van der Waals surface area contributed by atoms with Crippen LogP contribution in [0.5, 0.6) is 0 Å². The lowest BCUT2D eigenvalue weighted by molar-refractivity contribution is -0.142. The summed E-state index contributed by atoms with van der Waals surface area (Å²) in [5.41, 5.74) is 0.475. The fourth-order valence-corrected chi connectivity index (χ4v) is 1.45. The molecule has 0 fully saturated rings. The number of carbonyl (C=O) groups excluding carboxylic acids is 1. The zero-order valence-electron chi connectivity index (χ0n) is 9.67. The van der Waals surface area contributed by atoms with Crippen molar-refractivity contribution in [2.24, 2.45) is 11.8 Å². The standard InChI is InChI=1S/C11H16N2O3/c1-4-13-6-12-5-9(13)10(14)7(2)8(3)11(15)16/h5-8H,4H2,1-3H3,(H,15,16). The second-order valence-corrected chi connectivity index (χ2v) is 3.84. The highest BCUT2D eigenvalue weighted by atomic mass is 16.4. The summed E-state index contributed by atoms with van der Waals surface area (Å²) in [4.78, 5) is 26.7. The minimum Gasteiger partial charge on any atom is -0.481 e. The van der Waals surface area contributed by atoms with E-state index in [0.29, 0.717) is 12.2 Å². The summed E-state index contributed by atoms with van der Waals surface area (Å²) in [5, 5.41) is 8.85. The van der Waals surface area contributed by atoms with Crippen LogP contribution in [0.15, 0.2) is 12.5 Å². The Labute approximate surface area is 94.1 Å². The average molecular weight is 224 g/mol. The Bertz CT molecular complexity index is 398. The number of carbonyl (C=O) groups is 2. The maximum Gasteiger partial charge on any atom is 0.306 e. The Balaban J connectivity index is 2.90. The van der Waals surface area contributed by atoms with Gasteiger partial charge in [0.05, 0.1) is 18.4 Å². The molecule has 88 valence electrons. The first-order valence-electron chi connectivity index (χ1n) is 5.26. The number of imidazole rings is 1. The second kappa shape index (κ2) is 4.92. The van der Waals surface area contributed by atoms with Gasteiger partial charge in [0.25, 0.3) is 0 Å². The van der Waals surface area contributed by atoms with E-state index in [0.717, 1.165) is 0 Å². The van der Waals surface area contributed by atoms with Crippen molar-refractivity contribution >= 4 is 11.8 Å². The molecule has 0 bridgehead atoms. The molecule has 1 heterocycles. The molecule has 1 aromatic rings. The lowest BCUT2D eigenvalue weighted by atomic mass is 9.90. The molecule has 0 saturated heterocycles. The molecule has 5 heteroatoms. The number of aliphatic carboxylic acids is 1. The van der Waals surface area contributed by atoms with E-state index >= 15 is 0 Å². The van der Waals surface area contributed by atoms with E-state index in [4.69, 9.17) is 5.11 Å². The van der Waals surface area contributed by atoms with Gasteiger partial charge in [0.2, 0.25) is 0 Å². The molecule has 0 aliphatic heterocycles. The van der Waals surface area contributed by atoms with E-state index < -0.39 is 17.8 Å². The summed E-state index contributed by atoms with van der Waals surface area (Å²) in [7, 11) is 0. The van der Waals surface area contributed by atoms with Crippen LogP contribution in [0.4, 0.5) is 0 Å². The third-order valence-corrected chi connectivity index (χ3v) is 2.86. The number of Topliss-reactive ketones (excluding diaryl/α,β-unsaturated/α-hetero) is 1. The second-order valence-electron chi connectivity index (χ2n) is 3.84. The Morgan fingerprint density at radius 2 is 2.06 bits per heavy atom. The number of carboxylic acid groups (broad SMARTS) is 1. The van der Waals surface area contributed by atoms with Crippen LogP contribution in [0.25, 0.3) is 0 Å². The largest absolute Gasteiger partial charge is 0.481 e. The van der Waals surface area contributed by atoms with Gasteiger partial charge in [-0.1, -0.05) is 13.8 Å². The topological polar surface area (TPSA) is 72.2 Å². The quantitative estimate of drug-likeness (QED) is 0.768. The van der Waals surface area contributed by atoms with Crippen molar-refractivity contribution in [3.63, 3.8) is 0 Å². The monoisotopic (exact) mass is 224 g/mol. The molecule has 0 aromatic carbocycles. The molecule has 2 unspecified atom stereocenters. The summed E-state index contributed by atoms with van der Waals surface area (Å²) in [6.45, 7) is 5.73. The Morgan fingerprint density at radius 3 is 2.56 bits per heavy atom. The van der Waals surface area contributed by atoms with Gasteiger partial charge < -0.3 is 9.67 Å². The summed E-state index contributed by atoms with van der Waals surface area (Å²) >= 11 is 0. The molecule has 2 atom stereocenters. The summed E-state index contributed by atoms with van der Waals surface area (Å²) in [6.07, 6.45) is 3.06. The van der Waals surface area contributed by atoms with Crippen LogP contribution >= 0.6 is 0 Å². The van der Waals surface area contributed by atoms with Crippen LogP contribution in [-0.4, -0.2) is 26.4 Å². The first-order valence-corrected chi connectivity index (χ1v) is 5.26. The van der Waals surface area contributed by atoms with Gasteiger partial charge in [0.15, 0.2) is 5.78 Å². The lowest BCUT2D eigenvalue weighted by Gasteiger charge is -2.15. The molecule has 1 rings (SSSR count). The smallest absolute Gasteiger partial charge is 0.306 e.